The molecule has 144 valence electrons. The predicted molar refractivity (Wildman–Crippen MR) is 109 cm³/mol. The van der Waals surface area contributed by atoms with Crippen molar-refractivity contribution < 1.29 is 4.79 Å². The summed E-state index contributed by atoms with van der Waals surface area (Å²) in [6.07, 6.45) is 2.24. The number of para-hydroxylation sites is 1. The molecule has 0 saturated heterocycles. The van der Waals surface area contributed by atoms with Crippen LogP contribution in [-0.4, -0.2) is 38.7 Å². The third kappa shape index (κ3) is 3.88. The van der Waals surface area contributed by atoms with Gasteiger partial charge in [-0.15, -0.1) is 5.10 Å². The number of carbonyl (C=O) groups is 1. The molecule has 0 radical (unpaired) electrons. The molecular weight excluding hydrogens is 352 g/mol. The average molecular weight is 376 g/mol. The molecule has 3 aromatic rings. The molecule has 1 aromatic heterocycles. The van der Waals surface area contributed by atoms with Crippen molar-refractivity contribution in [1.29, 1.82) is 0 Å². The maximum atomic E-state index is 12.9. The van der Waals surface area contributed by atoms with Crippen LogP contribution in [0.2, 0.25) is 0 Å². The van der Waals surface area contributed by atoms with E-state index in [0.717, 1.165) is 35.6 Å². The van der Waals surface area contributed by atoms with Crippen molar-refractivity contribution in [3.8, 4) is 11.4 Å². The Bertz CT molecular complexity index is 948. The molecule has 0 bridgehead atoms. The van der Waals surface area contributed by atoms with Crippen LogP contribution in [0.1, 0.15) is 32.7 Å². The van der Waals surface area contributed by atoms with Crippen molar-refractivity contribution in [3.05, 3.63) is 54.6 Å². The zero-order chi connectivity index (χ0) is 19.5. The highest BCUT2D eigenvalue weighted by Crippen LogP contribution is 2.36. The third-order valence-electron chi connectivity index (χ3n) is 4.77. The lowest BCUT2D eigenvalue weighted by atomic mass is 10.2. The van der Waals surface area contributed by atoms with Gasteiger partial charge in [0.05, 0.1) is 12.6 Å². The molecule has 28 heavy (non-hydrogen) atoms. The number of nitrogens with zero attached hydrogens (tertiary/aromatic N) is 5. The van der Waals surface area contributed by atoms with Gasteiger partial charge >= 0.3 is 0 Å². The van der Waals surface area contributed by atoms with E-state index < -0.39 is 0 Å². The van der Waals surface area contributed by atoms with E-state index >= 15 is 0 Å². The Morgan fingerprint density at radius 2 is 1.96 bits per heavy atom. The molecule has 1 amide bonds. The fourth-order valence-corrected chi connectivity index (χ4v) is 3.30. The van der Waals surface area contributed by atoms with Gasteiger partial charge in [-0.2, -0.15) is 0 Å². The summed E-state index contributed by atoms with van der Waals surface area (Å²) in [7, 11) is 0. The molecule has 4 rings (SSSR count). The minimum absolute atomic E-state index is 0.0226. The number of aromatic nitrogens is 4. The van der Waals surface area contributed by atoms with Crippen molar-refractivity contribution in [3.63, 3.8) is 0 Å². The minimum atomic E-state index is 0.0226. The van der Waals surface area contributed by atoms with Gasteiger partial charge < -0.3 is 10.2 Å². The molecule has 7 heteroatoms. The highest BCUT2D eigenvalue weighted by Gasteiger charge is 2.28. The Labute approximate surface area is 164 Å². The van der Waals surface area contributed by atoms with Gasteiger partial charge in [-0.25, -0.2) is 4.68 Å². The molecule has 1 aliphatic rings. The fourth-order valence-electron chi connectivity index (χ4n) is 3.30. The van der Waals surface area contributed by atoms with E-state index in [-0.39, 0.29) is 18.5 Å². The normalized spacial score (nSPS) is 13.5. The quantitative estimate of drug-likeness (QED) is 0.683. The van der Waals surface area contributed by atoms with E-state index in [0.29, 0.717) is 6.04 Å². The Kier molecular flexibility index (Phi) is 5.06. The molecular formula is C21H24N6O. The molecule has 1 N–H and O–H groups in total. The Morgan fingerprint density at radius 1 is 1.18 bits per heavy atom. The average Bonchev–Trinajstić information content (AvgIpc) is 3.43. The summed E-state index contributed by atoms with van der Waals surface area (Å²) in [5, 5.41) is 15.4. The summed E-state index contributed by atoms with van der Waals surface area (Å²) in [6, 6.07) is 18.1. The summed E-state index contributed by atoms with van der Waals surface area (Å²) < 4.78 is 1.89. The van der Waals surface area contributed by atoms with E-state index in [1.54, 1.807) is 0 Å². The largest absolute Gasteiger partial charge is 0.376 e. The first-order chi connectivity index (χ1) is 13.6. The lowest BCUT2D eigenvalue weighted by Crippen LogP contribution is -2.40. The summed E-state index contributed by atoms with van der Waals surface area (Å²) in [5.41, 5.74) is 2.72. The number of amides is 1. The molecule has 0 spiro atoms. The van der Waals surface area contributed by atoms with Crippen molar-refractivity contribution >= 4 is 17.3 Å². The Morgan fingerprint density at radius 3 is 2.68 bits per heavy atom. The first-order valence-electron chi connectivity index (χ1n) is 9.63. The topological polar surface area (TPSA) is 75.9 Å². The number of nitrogens with one attached hydrogen (secondary N) is 1. The molecule has 0 aliphatic heterocycles. The molecule has 1 aliphatic carbocycles. The van der Waals surface area contributed by atoms with E-state index in [1.165, 1.54) is 0 Å². The van der Waals surface area contributed by atoms with Crippen molar-refractivity contribution in [2.45, 2.75) is 38.8 Å². The van der Waals surface area contributed by atoms with Gasteiger partial charge in [-0.1, -0.05) is 30.3 Å². The van der Waals surface area contributed by atoms with Gasteiger partial charge in [0.1, 0.15) is 0 Å². The molecule has 1 fully saturated rings. The number of carbonyl (C=O) groups excluding carboxylic acids is 1. The van der Waals surface area contributed by atoms with Gasteiger partial charge in [0.25, 0.3) is 0 Å². The zero-order valence-electron chi connectivity index (χ0n) is 16.1. The zero-order valence-corrected chi connectivity index (χ0v) is 16.1. The molecule has 1 saturated carbocycles. The smallest absolute Gasteiger partial charge is 0.246 e. The molecule has 0 atom stereocenters. The highest BCUT2D eigenvalue weighted by molar-refractivity contribution is 5.96. The van der Waals surface area contributed by atoms with Gasteiger partial charge in [0.2, 0.25) is 5.91 Å². The Hall–Kier alpha value is -3.22. The summed E-state index contributed by atoms with van der Waals surface area (Å²) >= 11 is 0. The van der Waals surface area contributed by atoms with Crippen LogP contribution in [0.5, 0.6) is 0 Å². The summed E-state index contributed by atoms with van der Waals surface area (Å²) in [5.74, 6) is 0.792. The monoisotopic (exact) mass is 376 g/mol. The number of hydrogen-bond acceptors (Lipinski definition) is 5. The fraction of sp³-hybridized carbons (Fsp3) is 0.333. The first kappa shape index (κ1) is 18.2. The molecule has 2 aromatic carbocycles. The number of benzene rings is 2. The van der Waals surface area contributed by atoms with Crippen LogP contribution in [-0.2, 0) is 4.79 Å². The van der Waals surface area contributed by atoms with Crippen molar-refractivity contribution in [2.24, 2.45) is 0 Å². The number of tetrazole rings is 1. The lowest BCUT2D eigenvalue weighted by molar-refractivity contribution is -0.117. The van der Waals surface area contributed by atoms with E-state index in [1.807, 2.05) is 78.0 Å². The van der Waals surface area contributed by atoms with Gasteiger partial charge in [-0.3, -0.25) is 4.79 Å². The maximum absolute atomic E-state index is 12.9. The second kappa shape index (κ2) is 7.80. The van der Waals surface area contributed by atoms with Crippen molar-refractivity contribution in [2.75, 3.05) is 16.8 Å². The minimum Gasteiger partial charge on any atom is -0.376 e. The third-order valence-corrected chi connectivity index (χ3v) is 4.77. The highest BCUT2D eigenvalue weighted by atomic mass is 16.2. The van der Waals surface area contributed by atoms with Crippen LogP contribution >= 0.6 is 0 Å². The first-order valence-corrected chi connectivity index (χ1v) is 9.63. The predicted octanol–water partition coefficient (Wildman–Crippen LogP) is 3.53. The van der Waals surface area contributed by atoms with E-state index in [9.17, 15) is 4.79 Å². The number of rotatable bonds is 7. The summed E-state index contributed by atoms with van der Waals surface area (Å²) in [6.45, 7) is 4.25. The molecule has 1 heterocycles. The standard InChI is InChI=1S/C21H24N6O/c1-15(2)26(18-9-4-3-5-10-18)20(28)14-22-17-8-6-7-16(13-17)21-23-24-25-27(21)19-11-12-19/h3-10,13,15,19,22H,11-12,14H2,1-2H3. The number of anilines is 2. The summed E-state index contributed by atoms with van der Waals surface area (Å²) in [4.78, 5) is 14.7. The maximum Gasteiger partial charge on any atom is 0.246 e. The van der Waals surface area contributed by atoms with Crippen LogP contribution in [0.25, 0.3) is 11.4 Å². The van der Waals surface area contributed by atoms with Crippen LogP contribution in [0.4, 0.5) is 11.4 Å². The van der Waals surface area contributed by atoms with Crippen LogP contribution in [0.15, 0.2) is 54.6 Å². The van der Waals surface area contributed by atoms with E-state index in [4.69, 9.17) is 0 Å². The van der Waals surface area contributed by atoms with Crippen LogP contribution < -0.4 is 10.2 Å². The Balaban J connectivity index is 1.47. The van der Waals surface area contributed by atoms with Gasteiger partial charge in [0, 0.05) is 23.0 Å². The number of hydrogen-bond donors (Lipinski definition) is 1. The molecule has 0 unspecified atom stereocenters. The van der Waals surface area contributed by atoms with Gasteiger partial charge in [0.15, 0.2) is 5.82 Å². The van der Waals surface area contributed by atoms with Gasteiger partial charge in [-0.05, 0) is 61.4 Å². The SMILES string of the molecule is CC(C)N(C(=O)CNc1cccc(-c2nnnn2C2CC2)c1)c1ccccc1. The van der Waals surface area contributed by atoms with Crippen LogP contribution in [0.3, 0.4) is 0 Å². The van der Waals surface area contributed by atoms with Crippen molar-refractivity contribution in [1.82, 2.24) is 20.2 Å². The second-order valence-electron chi connectivity index (χ2n) is 7.31. The second-order valence-corrected chi connectivity index (χ2v) is 7.31. The lowest BCUT2D eigenvalue weighted by Gasteiger charge is -2.27. The van der Waals surface area contributed by atoms with E-state index in [2.05, 4.69) is 20.8 Å². The van der Waals surface area contributed by atoms with Crippen LogP contribution in [0, 0.1) is 0 Å². The molecule has 7 nitrogen and oxygen atoms in total.